The number of nitrogens with one attached hydrogen (secondary N) is 1. The van der Waals surface area contributed by atoms with E-state index in [0.29, 0.717) is 32.0 Å². The zero-order chi connectivity index (χ0) is 26.0. The Morgan fingerprint density at radius 3 is 2.56 bits per heavy atom. The number of fused-ring (bicyclic) bond motifs is 1. The smallest absolute Gasteiger partial charge is 0.358 e. The van der Waals surface area contributed by atoms with Crippen molar-refractivity contribution in [3.63, 3.8) is 0 Å². The number of nitrogens with zero attached hydrogens (tertiary/aromatic N) is 3. The molecule has 0 unspecified atom stereocenters. The number of hydrogen-bond acceptors (Lipinski definition) is 3. The Bertz CT molecular complexity index is 1220. The van der Waals surface area contributed by atoms with Crippen molar-refractivity contribution >= 4 is 5.91 Å². The van der Waals surface area contributed by atoms with Crippen LogP contribution in [-0.4, -0.2) is 34.2 Å². The Balaban J connectivity index is 1.75. The van der Waals surface area contributed by atoms with Gasteiger partial charge in [0.05, 0.1) is 11.3 Å². The molecule has 2 heterocycles. The SMILES string of the molecule is CCn1nc(C)c2c1CCN([C@@H](C(=O)NC)c1ccccc1)[C@H]2CCc1cc(F)cc(C(F)(F)F)c1. The van der Waals surface area contributed by atoms with Gasteiger partial charge in [0.25, 0.3) is 0 Å². The van der Waals surface area contributed by atoms with Gasteiger partial charge < -0.3 is 5.32 Å². The van der Waals surface area contributed by atoms with E-state index < -0.39 is 23.6 Å². The predicted octanol–water partition coefficient (Wildman–Crippen LogP) is 5.39. The molecular formula is C27H30F4N4O. The first-order chi connectivity index (χ1) is 17.1. The molecule has 36 heavy (non-hydrogen) atoms. The maximum atomic E-state index is 14.1. The average Bonchev–Trinajstić information content (AvgIpc) is 3.18. The summed E-state index contributed by atoms with van der Waals surface area (Å²) in [6, 6.07) is 11.2. The Hall–Kier alpha value is -3.20. The number of carbonyl (C=O) groups is 1. The van der Waals surface area contributed by atoms with Crippen molar-refractivity contribution in [2.45, 2.75) is 57.9 Å². The molecule has 2 aromatic carbocycles. The molecule has 0 saturated heterocycles. The number of rotatable bonds is 7. The lowest BCUT2D eigenvalue weighted by Gasteiger charge is -2.41. The fourth-order valence-electron chi connectivity index (χ4n) is 5.31. The topological polar surface area (TPSA) is 50.2 Å². The van der Waals surface area contributed by atoms with Gasteiger partial charge in [-0.2, -0.15) is 18.3 Å². The maximum Gasteiger partial charge on any atom is 0.416 e. The maximum absolute atomic E-state index is 14.1. The molecular weight excluding hydrogens is 472 g/mol. The van der Waals surface area contributed by atoms with Gasteiger partial charge in [-0.3, -0.25) is 14.4 Å². The van der Waals surface area contributed by atoms with Gasteiger partial charge in [0.2, 0.25) is 5.91 Å². The number of benzene rings is 2. The standard InChI is InChI=1S/C27H30F4N4O/c1-4-35-23-12-13-34(25(26(36)32-3)19-8-6-5-7-9-19)22(24(23)17(2)33-35)11-10-18-14-20(27(29,30)31)16-21(28)15-18/h5-9,14-16,22,25H,4,10-13H2,1-3H3,(H,32,36)/t22-,25+/m0/s1. The summed E-state index contributed by atoms with van der Waals surface area (Å²) in [6.45, 7) is 5.20. The molecule has 1 aliphatic heterocycles. The highest BCUT2D eigenvalue weighted by molar-refractivity contribution is 5.83. The second kappa shape index (κ2) is 10.4. The fourth-order valence-corrected chi connectivity index (χ4v) is 5.31. The van der Waals surface area contributed by atoms with E-state index in [-0.39, 0.29) is 23.9 Å². The lowest BCUT2D eigenvalue weighted by molar-refractivity contribution is -0.137. The third kappa shape index (κ3) is 5.16. The highest BCUT2D eigenvalue weighted by Crippen LogP contribution is 2.41. The minimum atomic E-state index is -4.63. The van der Waals surface area contributed by atoms with E-state index >= 15 is 0 Å². The molecule has 1 aliphatic rings. The first-order valence-electron chi connectivity index (χ1n) is 12.1. The van der Waals surface area contributed by atoms with Gasteiger partial charge in [-0.25, -0.2) is 4.39 Å². The number of amides is 1. The van der Waals surface area contributed by atoms with E-state index in [4.69, 9.17) is 0 Å². The Morgan fingerprint density at radius 1 is 1.19 bits per heavy atom. The minimum absolute atomic E-state index is 0.166. The molecule has 1 aromatic heterocycles. The molecule has 192 valence electrons. The van der Waals surface area contributed by atoms with Gasteiger partial charge >= 0.3 is 6.18 Å². The van der Waals surface area contributed by atoms with Crippen molar-refractivity contribution in [2.24, 2.45) is 0 Å². The Kier molecular flexibility index (Phi) is 7.49. The van der Waals surface area contributed by atoms with E-state index in [9.17, 15) is 22.4 Å². The van der Waals surface area contributed by atoms with Gasteiger partial charge in [-0.05, 0) is 56.0 Å². The Labute approximate surface area is 208 Å². The van der Waals surface area contributed by atoms with E-state index in [1.54, 1.807) is 7.05 Å². The van der Waals surface area contributed by atoms with E-state index in [1.165, 1.54) is 0 Å². The number of alkyl halides is 3. The van der Waals surface area contributed by atoms with Crippen LogP contribution in [0.4, 0.5) is 17.6 Å². The van der Waals surface area contributed by atoms with Gasteiger partial charge in [0.1, 0.15) is 11.9 Å². The van der Waals surface area contributed by atoms with Crippen LogP contribution in [0.3, 0.4) is 0 Å². The summed E-state index contributed by atoms with van der Waals surface area (Å²) in [5.41, 5.74) is 3.01. The average molecular weight is 503 g/mol. The highest BCUT2D eigenvalue weighted by atomic mass is 19.4. The summed E-state index contributed by atoms with van der Waals surface area (Å²) < 4.78 is 55.9. The highest BCUT2D eigenvalue weighted by Gasteiger charge is 2.39. The van der Waals surface area contributed by atoms with Crippen LogP contribution >= 0.6 is 0 Å². The first kappa shape index (κ1) is 25.9. The summed E-state index contributed by atoms with van der Waals surface area (Å²) in [6.07, 6.45) is -3.31. The van der Waals surface area contributed by atoms with E-state index in [1.807, 2.05) is 48.9 Å². The lowest BCUT2D eigenvalue weighted by Crippen LogP contribution is -2.45. The van der Waals surface area contributed by atoms with Crippen molar-refractivity contribution in [1.29, 1.82) is 0 Å². The van der Waals surface area contributed by atoms with Crippen molar-refractivity contribution in [2.75, 3.05) is 13.6 Å². The minimum Gasteiger partial charge on any atom is -0.358 e. The molecule has 0 radical (unpaired) electrons. The van der Waals surface area contributed by atoms with E-state index in [0.717, 1.165) is 34.6 Å². The van der Waals surface area contributed by atoms with Crippen molar-refractivity contribution < 1.29 is 22.4 Å². The second-order valence-electron chi connectivity index (χ2n) is 9.08. The summed E-state index contributed by atoms with van der Waals surface area (Å²) in [7, 11) is 1.59. The monoisotopic (exact) mass is 502 g/mol. The zero-order valence-corrected chi connectivity index (χ0v) is 20.6. The van der Waals surface area contributed by atoms with Crippen LogP contribution in [0.1, 0.15) is 59.1 Å². The third-order valence-corrected chi connectivity index (χ3v) is 6.86. The first-order valence-corrected chi connectivity index (χ1v) is 12.1. The van der Waals surface area contributed by atoms with Crippen LogP contribution < -0.4 is 5.32 Å². The van der Waals surface area contributed by atoms with Crippen LogP contribution in [0.2, 0.25) is 0 Å². The molecule has 3 aromatic rings. The molecule has 9 heteroatoms. The second-order valence-corrected chi connectivity index (χ2v) is 9.08. The van der Waals surface area contributed by atoms with E-state index in [2.05, 4.69) is 15.3 Å². The van der Waals surface area contributed by atoms with Gasteiger partial charge in [0, 0.05) is 43.9 Å². The molecule has 0 spiro atoms. The molecule has 1 amide bonds. The summed E-state index contributed by atoms with van der Waals surface area (Å²) in [5, 5.41) is 7.45. The third-order valence-electron chi connectivity index (χ3n) is 6.86. The van der Waals surface area contributed by atoms with Crippen molar-refractivity contribution in [3.8, 4) is 0 Å². The number of hydrogen-bond donors (Lipinski definition) is 1. The van der Waals surface area contributed by atoms with Crippen molar-refractivity contribution in [3.05, 3.63) is 88.0 Å². The normalized spacial score (nSPS) is 17.0. The fraction of sp³-hybridized carbons (Fsp3) is 0.407. The molecule has 5 nitrogen and oxygen atoms in total. The van der Waals surface area contributed by atoms with Crippen molar-refractivity contribution in [1.82, 2.24) is 20.0 Å². The molecule has 0 fully saturated rings. The molecule has 0 bridgehead atoms. The van der Waals surface area contributed by atoms with Gasteiger partial charge in [-0.15, -0.1) is 0 Å². The van der Waals surface area contributed by atoms with Crippen LogP contribution in [0.5, 0.6) is 0 Å². The number of aryl methyl sites for hydroxylation is 3. The number of likely N-dealkylation sites (N-methyl/N-ethyl adjacent to an activating group) is 1. The quantitative estimate of drug-likeness (QED) is 0.441. The predicted molar refractivity (Wildman–Crippen MR) is 129 cm³/mol. The lowest BCUT2D eigenvalue weighted by atomic mass is 9.88. The van der Waals surface area contributed by atoms with Crippen LogP contribution in [0.25, 0.3) is 0 Å². The van der Waals surface area contributed by atoms with Crippen LogP contribution in [0.15, 0.2) is 48.5 Å². The Morgan fingerprint density at radius 2 is 1.92 bits per heavy atom. The molecule has 0 saturated carbocycles. The van der Waals surface area contributed by atoms with Gasteiger partial charge in [0.15, 0.2) is 0 Å². The largest absolute Gasteiger partial charge is 0.416 e. The van der Waals surface area contributed by atoms with Crippen LogP contribution in [0, 0.1) is 12.7 Å². The summed E-state index contributed by atoms with van der Waals surface area (Å²) in [4.78, 5) is 15.2. The molecule has 1 N–H and O–H groups in total. The van der Waals surface area contributed by atoms with Gasteiger partial charge in [-0.1, -0.05) is 30.3 Å². The summed E-state index contributed by atoms with van der Waals surface area (Å²) >= 11 is 0. The number of halogens is 4. The summed E-state index contributed by atoms with van der Waals surface area (Å²) in [5.74, 6) is -1.08. The number of carbonyl (C=O) groups excluding carboxylic acids is 1. The molecule has 2 atom stereocenters. The zero-order valence-electron chi connectivity index (χ0n) is 20.6. The number of aromatic nitrogens is 2. The molecule has 4 rings (SSSR count). The molecule has 0 aliphatic carbocycles. The van der Waals surface area contributed by atoms with Crippen LogP contribution in [-0.2, 0) is 30.4 Å².